The summed E-state index contributed by atoms with van der Waals surface area (Å²) in [6.45, 7) is 3.52. The summed E-state index contributed by atoms with van der Waals surface area (Å²) in [5, 5.41) is 0. The van der Waals surface area contributed by atoms with Gasteiger partial charge in [0.15, 0.2) is 0 Å². The highest BCUT2D eigenvalue weighted by Crippen LogP contribution is 2.21. The van der Waals surface area contributed by atoms with Crippen molar-refractivity contribution in [3.63, 3.8) is 0 Å². The van der Waals surface area contributed by atoms with Crippen molar-refractivity contribution in [3.8, 4) is 0 Å². The number of carbonyl (C=O) groups excluding carboxylic acids is 1. The highest BCUT2D eigenvalue weighted by molar-refractivity contribution is 7.98. The lowest BCUT2D eigenvalue weighted by atomic mass is 10.2. The number of thioether (sulfide) groups is 1. The Morgan fingerprint density at radius 3 is 2.67 bits per heavy atom. The zero-order valence-electron chi connectivity index (χ0n) is 11.0. The van der Waals surface area contributed by atoms with Gasteiger partial charge in [-0.25, -0.2) is 0 Å². The van der Waals surface area contributed by atoms with Gasteiger partial charge in [0.05, 0.1) is 5.56 Å². The van der Waals surface area contributed by atoms with Gasteiger partial charge in [0.1, 0.15) is 0 Å². The Morgan fingerprint density at radius 2 is 2.06 bits per heavy atom. The maximum atomic E-state index is 12.5. The summed E-state index contributed by atoms with van der Waals surface area (Å²) in [6.07, 6.45) is 4.09. The first kappa shape index (κ1) is 15.4. The molecule has 0 radical (unpaired) electrons. The second-order valence-electron chi connectivity index (χ2n) is 4.04. The molecule has 1 aromatic carbocycles. The third-order valence-electron chi connectivity index (χ3n) is 2.76. The highest BCUT2D eigenvalue weighted by atomic mass is 35.5. The monoisotopic (exact) mass is 285 g/mol. The standard InChI is InChI=1S/C14H20ClNOS/c1-3-4-10-16(11-9-15)14(17)12-7-5-6-8-13(12)18-2/h5-8H,3-4,9-11H2,1-2H3. The van der Waals surface area contributed by atoms with E-state index < -0.39 is 0 Å². The SMILES string of the molecule is CCCCN(CCCl)C(=O)c1ccccc1SC. The van der Waals surface area contributed by atoms with Gasteiger partial charge in [0, 0.05) is 23.9 Å². The predicted molar refractivity (Wildman–Crippen MR) is 79.8 cm³/mol. The molecule has 0 fully saturated rings. The van der Waals surface area contributed by atoms with Crippen LogP contribution in [0.25, 0.3) is 0 Å². The Kier molecular flexibility index (Phi) is 7.21. The molecule has 1 rings (SSSR count). The van der Waals surface area contributed by atoms with Gasteiger partial charge in [-0.15, -0.1) is 23.4 Å². The maximum absolute atomic E-state index is 12.5. The van der Waals surface area contributed by atoms with E-state index in [1.807, 2.05) is 35.4 Å². The lowest BCUT2D eigenvalue weighted by Gasteiger charge is -2.22. The van der Waals surface area contributed by atoms with E-state index in [-0.39, 0.29) is 5.91 Å². The minimum absolute atomic E-state index is 0.0917. The molecule has 0 saturated carbocycles. The molecule has 4 heteroatoms. The average molecular weight is 286 g/mol. The van der Waals surface area contributed by atoms with Crippen molar-refractivity contribution in [2.24, 2.45) is 0 Å². The molecule has 0 aliphatic heterocycles. The molecule has 0 bridgehead atoms. The zero-order chi connectivity index (χ0) is 13.4. The molecule has 0 saturated heterocycles. The fourth-order valence-corrected chi connectivity index (χ4v) is 2.55. The van der Waals surface area contributed by atoms with E-state index in [4.69, 9.17) is 11.6 Å². The number of amides is 1. The van der Waals surface area contributed by atoms with Crippen LogP contribution >= 0.6 is 23.4 Å². The molecule has 2 nitrogen and oxygen atoms in total. The summed E-state index contributed by atoms with van der Waals surface area (Å²) in [7, 11) is 0. The second kappa shape index (κ2) is 8.44. The Hall–Kier alpha value is -0.670. The quantitative estimate of drug-likeness (QED) is 0.559. The topological polar surface area (TPSA) is 20.3 Å². The first-order valence-corrected chi connectivity index (χ1v) is 7.98. The van der Waals surface area contributed by atoms with E-state index in [0.717, 1.165) is 29.8 Å². The van der Waals surface area contributed by atoms with E-state index in [1.165, 1.54) is 0 Å². The first-order valence-electron chi connectivity index (χ1n) is 6.22. The Morgan fingerprint density at radius 1 is 1.33 bits per heavy atom. The van der Waals surface area contributed by atoms with E-state index in [1.54, 1.807) is 11.8 Å². The summed E-state index contributed by atoms with van der Waals surface area (Å²) >= 11 is 7.38. The van der Waals surface area contributed by atoms with Crippen LogP contribution in [0, 0.1) is 0 Å². The lowest BCUT2D eigenvalue weighted by Crippen LogP contribution is -2.34. The summed E-state index contributed by atoms with van der Waals surface area (Å²) < 4.78 is 0. The largest absolute Gasteiger partial charge is 0.337 e. The zero-order valence-corrected chi connectivity index (χ0v) is 12.6. The number of unbranched alkanes of at least 4 members (excludes halogenated alkanes) is 1. The van der Waals surface area contributed by atoms with Crippen LogP contribution < -0.4 is 0 Å². The molecule has 1 aromatic rings. The third-order valence-corrected chi connectivity index (χ3v) is 3.73. The normalized spacial score (nSPS) is 10.4. The smallest absolute Gasteiger partial charge is 0.255 e. The van der Waals surface area contributed by atoms with Crippen LogP contribution in [0.5, 0.6) is 0 Å². The van der Waals surface area contributed by atoms with Gasteiger partial charge in [-0.3, -0.25) is 4.79 Å². The van der Waals surface area contributed by atoms with Crippen LogP contribution in [0.4, 0.5) is 0 Å². The number of hydrogen-bond acceptors (Lipinski definition) is 2. The van der Waals surface area contributed by atoms with Gasteiger partial charge in [-0.1, -0.05) is 25.5 Å². The predicted octanol–water partition coefficient (Wildman–Crippen LogP) is 3.89. The van der Waals surface area contributed by atoms with Crippen molar-refractivity contribution < 1.29 is 4.79 Å². The number of halogens is 1. The van der Waals surface area contributed by atoms with E-state index in [2.05, 4.69) is 6.92 Å². The number of benzene rings is 1. The van der Waals surface area contributed by atoms with Crippen LogP contribution in [-0.4, -0.2) is 36.0 Å². The number of alkyl halides is 1. The minimum Gasteiger partial charge on any atom is -0.337 e. The Labute approximate surface area is 119 Å². The van der Waals surface area contributed by atoms with Crippen molar-refractivity contribution in [1.29, 1.82) is 0 Å². The Bertz CT molecular complexity index is 384. The molecule has 0 aliphatic rings. The molecule has 0 unspecified atom stereocenters. The molecule has 0 aliphatic carbocycles. The van der Waals surface area contributed by atoms with Crippen LogP contribution in [0.15, 0.2) is 29.2 Å². The van der Waals surface area contributed by atoms with E-state index in [0.29, 0.717) is 12.4 Å². The van der Waals surface area contributed by atoms with E-state index >= 15 is 0 Å². The lowest BCUT2D eigenvalue weighted by molar-refractivity contribution is 0.0760. The number of nitrogens with zero attached hydrogens (tertiary/aromatic N) is 1. The van der Waals surface area contributed by atoms with Gasteiger partial charge in [-0.2, -0.15) is 0 Å². The van der Waals surface area contributed by atoms with Crippen LogP contribution in [0.2, 0.25) is 0 Å². The second-order valence-corrected chi connectivity index (χ2v) is 5.26. The molecule has 100 valence electrons. The molecule has 0 aromatic heterocycles. The van der Waals surface area contributed by atoms with Gasteiger partial charge in [0.25, 0.3) is 5.91 Å². The van der Waals surface area contributed by atoms with Crippen molar-refractivity contribution >= 4 is 29.3 Å². The summed E-state index contributed by atoms with van der Waals surface area (Å²) in [5.41, 5.74) is 0.784. The fraction of sp³-hybridized carbons (Fsp3) is 0.500. The summed E-state index contributed by atoms with van der Waals surface area (Å²) in [4.78, 5) is 15.4. The van der Waals surface area contributed by atoms with Gasteiger partial charge >= 0.3 is 0 Å². The number of carbonyl (C=O) groups is 1. The highest BCUT2D eigenvalue weighted by Gasteiger charge is 2.17. The van der Waals surface area contributed by atoms with E-state index in [9.17, 15) is 4.79 Å². The van der Waals surface area contributed by atoms with Crippen molar-refractivity contribution in [2.45, 2.75) is 24.7 Å². The Balaban J connectivity index is 2.86. The summed E-state index contributed by atoms with van der Waals surface area (Å²) in [5.74, 6) is 0.575. The minimum atomic E-state index is 0.0917. The van der Waals surface area contributed by atoms with Crippen molar-refractivity contribution in [2.75, 3.05) is 25.2 Å². The maximum Gasteiger partial charge on any atom is 0.255 e. The van der Waals surface area contributed by atoms with Crippen LogP contribution in [0.3, 0.4) is 0 Å². The van der Waals surface area contributed by atoms with Crippen LogP contribution in [-0.2, 0) is 0 Å². The van der Waals surface area contributed by atoms with Crippen molar-refractivity contribution in [1.82, 2.24) is 4.90 Å². The number of hydrogen-bond donors (Lipinski definition) is 0. The molecule has 18 heavy (non-hydrogen) atoms. The molecular weight excluding hydrogens is 266 g/mol. The molecule has 0 N–H and O–H groups in total. The average Bonchev–Trinajstić information content (AvgIpc) is 2.42. The van der Waals surface area contributed by atoms with Crippen molar-refractivity contribution in [3.05, 3.63) is 29.8 Å². The molecular formula is C14H20ClNOS. The first-order chi connectivity index (χ1) is 8.74. The number of rotatable bonds is 7. The van der Waals surface area contributed by atoms with Gasteiger partial charge in [-0.05, 0) is 24.8 Å². The molecule has 1 amide bonds. The molecule has 0 atom stereocenters. The van der Waals surface area contributed by atoms with Crippen LogP contribution in [0.1, 0.15) is 30.1 Å². The van der Waals surface area contributed by atoms with Gasteiger partial charge in [0.2, 0.25) is 0 Å². The molecule has 0 spiro atoms. The summed E-state index contributed by atoms with van der Waals surface area (Å²) in [6, 6.07) is 7.74. The third kappa shape index (κ3) is 4.21. The van der Waals surface area contributed by atoms with Gasteiger partial charge < -0.3 is 4.90 Å². The molecule has 0 heterocycles. The fourth-order valence-electron chi connectivity index (χ4n) is 1.76.